The summed E-state index contributed by atoms with van der Waals surface area (Å²) in [5.74, 6) is -0.0231. The highest BCUT2D eigenvalue weighted by Crippen LogP contribution is 2.20. The highest BCUT2D eigenvalue weighted by atomic mass is 16.5. The summed E-state index contributed by atoms with van der Waals surface area (Å²) in [7, 11) is 1.63. The first-order valence-corrected chi connectivity index (χ1v) is 4.52. The molecule has 0 radical (unpaired) electrons. The second kappa shape index (κ2) is 4.81. The first-order chi connectivity index (χ1) is 6.63. The molecule has 4 nitrogen and oxygen atoms in total. The minimum Gasteiger partial charge on any atom is -0.501 e. The van der Waals surface area contributed by atoms with Crippen LogP contribution in [0.4, 0.5) is 0 Å². The molecule has 1 aliphatic rings. The van der Waals surface area contributed by atoms with Crippen LogP contribution in [0, 0.1) is 0 Å². The molecule has 0 spiro atoms. The zero-order chi connectivity index (χ0) is 10.6. The molecule has 0 aromatic carbocycles. The van der Waals surface area contributed by atoms with Gasteiger partial charge in [-0.3, -0.25) is 4.79 Å². The third-order valence-electron chi connectivity index (χ3n) is 2.25. The fourth-order valence-electron chi connectivity index (χ4n) is 1.36. The van der Waals surface area contributed by atoms with Crippen molar-refractivity contribution in [1.82, 2.24) is 0 Å². The van der Waals surface area contributed by atoms with Crippen molar-refractivity contribution < 1.29 is 14.6 Å². The van der Waals surface area contributed by atoms with Crippen LogP contribution in [-0.4, -0.2) is 24.2 Å². The maximum Gasteiger partial charge on any atom is 0.320 e. The highest BCUT2D eigenvalue weighted by Gasteiger charge is 2.14. The molecular formula is C10H15NO3. The molecule has 0 aliphatic heterocycles. The Bertz CT molecular complexity index is 281. The average Bonchev–Trinajstić information content (AvgIpc) is 2.19. The highest BCUT2D eigenvalue weighted by molar-refractivity contribution is 5.73. The summed E-state index contributed by atoms with van der Waals surface area (Å²) in [5, 5.41) is 8.62. The SMILES string of the molecule is COC1=CCC(CC(N)C(=O)O)=CC1. The molecule has 78 valence electrons. The third kappa shape index (κ3) is 2.88. The van der Waals surface area contributed by atoms with E-state index in [-0.39, 0.29) is 0 Å². The number of hydrogen-bond donors (Lipinski definition) is 2. The summed E-state index contributed by atoms with van der Waals surface area (Å²) in [6.07, 6.45) is 5.84. The van der Waals surface area contributed by atoms with Crippen LogP contribution in [0.2, 0.25) is 0 Å². The van der Waals surface area contributed by atoms with Gasteiger partial charge in [-0.2, -0.15) is 0 Å². The van der Waals surface area contributed by atoms with E-state index in [1.165, 1.54) is 0 Å². The lowest BCUT2D eigenvalue weighted by molar-refractivity contribution is -0.138. The molecule has 14 heavy (non-hydrogen) atoms. The van der Waals surface area contributed by atoms with Crippen molar-refractivity contribution in [1.29, 1.82) is 0 Å². The maximum absolute atomic E-state index is 10.5. The lowest BCUT2D eigenvalue weighted by Crippen LogP contribution is -2.30. The number of ether oxygens (including phenoxy) is 1. The van der Waals surface area contributed by atoms with Crippen LogP contribution in [0.1, 0.15) is 19.3 Å². The monoisotopic (exact) mass is 197 g/mol. The quantitative estimate of drug-likeness (QED) is 0.660. The predicted molar refractivity (Wildman–Crippen MR) is 52.6 cm³/mol. The van der Waals surface area contributed by atoms with Crippen LogP contribution in [0.3, 0.4) is 0 Å². The van der Waals surface area contributed by atoms with Gasteiger partial charge in [0.25, 0.3) is 0 Å². The van der Waals surface area contributed by atoms with Gasteiger partial charge in [0.15, 0.2) is 0 Å². The lowest BCUT2D eigenvalue weighted by atomic mass is 9.98. The fourth-order valence-corrected chi connectivity index (χ4v) is 1.36. The molecule has 0 saturated carbocycles. The number of aliphatic carboxylic acids is 1. The van der Waals surface area contributed by atoms with Crippen molar-refractivity contribution in [2.75, 3.05) is 7.11 Å². The summed E-state index contributed by atoms with van der Waals surface area (Å²) in [5.41, 5.74) is 6.49. The standard InChI is InChI=1S/C10H15NO3/c1-14-8-4-2-7(3-5-8)6-9(11)10(12)13/h2,5,9H,3-4,6,11H2,1H3,(H,12,13). The van der Waals surface area contributed by atoms with E-state index in [9.17, 15) is 4.79 Å². The van der Waals surface area contributed by atoms with Crippen molar-refractivity contribution in [3.05, 3.63) is 23.5 Å². The van der Waals surface area contributed by atoms with Gasteiger partial charge in [-0.15, -0.1) is 0 Å². The molecule has 1 atom stereocenters. The van der Waals surface area contributed by atoms with E-state index in [0.717, 1.165) is 24.2 Å². The maximum atomic E-state index is 10.5. The van der Waals surface area contributed by atoms with Crippen LogP contribution in [-0.2, 0) is 9.53 Å². The first-order valence-electron chi connectivity index (χ1n) is 4.52. The number of nitrogens with two attached hydrogens (primary N) is 1. The molecule has 0 bridgehead atoms. The molecule has 0 saturated heterocycles. The number of methoxy groups -OCH3 is 1. The Morgan fingerprint density at radius 1 is 1.64 bits per heavy atom. The van der Waals surface area contributed by atoms with Gasteiger partial charge in [0, 0.05) is 6.42 Å². The summed E-state index contributed by atoms with van der Waals surface area (Å²) in [6.45, 7) is 0. The molecule has 0 fully saturated rings. The van der Waals surface area contributed by atoms with Crippen LogP contribution < -0.4 is 5.73 Å². The number of carbonyl (C=O) groups is 1. The molecule has 4 heteroatoms. The fraction of sp³-hybridized carbons (Fsp3) is 0.500. The van der Waals surface area contributed by atoms with E-state index in [1.807, 2.05) is 12.2 Å². The molecule has 0 heterocycles. The van der Waals surface area contributed by atoms with Crippen molar-refractivity contribution in [2.45, 2.75) is 25.3 Å². The third-order valence-corrected chi connectivity index (χ3v) is 2.25. The van der Waals surface area contributed by atoms with Crippen LogP contribution >= 0.6 is 0 Å². The van der Waals surface area contributed by atoms with Gasteiger partial charge < -0.3 is 15.6 Å². The number of hydrogen-bond acceptors (Lipinski definition) is 3. The minimum atomic E-state index is -0.951. The smallest absolute Gasteiger partial charge is 0.320 e. The number of carboxylic acid groups (broad SMARTS) is 1. The molecule has 1 rings (SSSR count). The van der Waals surface area contributed by atoms with E-state index in [2.05, 4.69) is 0 Å². The van der Waals surface area contributed by atoms with Crippen LogP contribution in [0.25, 0.3) is 0 Å². The Labute approximate surface area is 83.0 Å². The second-order valence-electron chi connectivity index (χ2n) is 3.29. The topological polar surface area (TPSA) is 72.5 Å². The van der Waals surface area contributed by atoms with Crippen LogP contribution in [0.5, 0.6) is 0 Å². The van der Waals surface area contributed by atoms with Gasteiger partial charge in [-0.05, 0) is 18.9 Å². The Kier molecular flexibility index (Phi) is 3.71. The predicted octanol–water partition coefficient (Wildman–Crippen LogP) is 1.04. The van der Waals surface area contributed by atoms with Gasteiger partial charge >= 0.3 is 5.97 Å². The zero-order valence-electron chi connectivity index (χ0n) is 8.19. The molecular weight excluding hydrogens is 182 g/mol. The van der Waals surface area contributed by atoms with E-state index in [1.54, 1.807) is 7.11 Å². The minimum absolute atomic E-state index is 0.419. The molecule has 0 aromatic heterocycles. The van der Waals surface area contributed by atoms with E-state index < -0.39 is 12.0 Å². The molecule has 0 aromatic rings. The van der Waals surface area contributed by atoms with Crippen molar-refractivity contribution in [3.8, 4) is 0 Å². The van der Waals surface area contributed by atoms with Gasteiger partial charge in [0.1, 0.15) is 6.04 Å². The number of allylic oxidation sites excluding steroid dienone is 2. The summed E-state index contributed by atoms with van der Waals surface area (Å²) < 4.78 is 5.06. The summed E-state index contributed by atoms with van der Waals surface area (Å²) >= 11 is 0. The molecule has 3 N–H and O–H groups in total. The normalized spacial score (nSPS) is 18.1. The first kappa shape index (κ1) is 10.8. The molecule has 0 amide bonds. The van der Waals surface area contributed by atoms with Gasteiger partial charge in [-0.1, -0.05) is 11.6 Å². The molecule has 1 aliphatic carbocycles. The van der Waals surface area contributed by atoms with Crippen LogP contribution in [0.15, 0.2) is 23.5 Å². The van der Waals surface area contributed by atoms with E-state index in [0.29, 0.717) is 6.42 Å². The van der Waals surface area contributed by atoms with Crippen molar-refractivity contribution in [2.24, 2.45) is 5.73 Å². The van der Waals surface area contributed by atoms with Crippen molar-refractivity contribution >= 4 is 5.97 Å². The summed E-state index contributed by atoms with van der Waals surface area (Å²) in [6, 6.07) is -0.793. The number of rotatable bonds is 4. The van der Waals surface area contributed by atoms with Gasteiger partial charge in [-0.25, -0.2) is 0 Å². The van der Waals surface area contributed by atoms with E-state index in [4.69, 9.17) is 15.6 Å². The second-order valence-corrected chi connectivity index (χ2v) is 3.29. The van der Waals surface area contributed by atoms with E-state index >= 15 is 0 Å². The largest absolute Gasteiger partial charge is 0.501 e. The van der Waals surface area contributed by atoms with Crippen molar-refractivity contribution in [3.63, 3.8) is 0 Å². The average molecular weight is 197 g/mol. The Balaban J connectivity index is 2.43. The number of carboxylic acids is 1. The lowest BCUT2D eigenvalue weighted by Gasteiger charge is -2.14. The zero-order valence-corrected chi connectivity index (χ0v) is 8.19. The summed E-state index contributed by atoms with van der Waals surface area (Å²) in [4.78, 5) is 10.5. The van der Waals surface area contributed by atoms with Gasteiger partial charge in [0.2, 0.25) is 0 Å². The molecule has 1 unspecified atom stereocenters. The van der Waals surface area contributed by atoms with Gasteiger partial charge in [0.05, 0.1) is 12.9 Å². The Morgan fingerprint density at radius 2 is 2.36 bits per heavy atom. The Hall–Kier alpha value is -1.29. The Morgan fingerprint density at radius 3 is 2.79 bits per heavy atom.